The van der Waals surface area contributed by atoms with E-state index in [9.17, 15) is 18.6 Å². The molecule has 2 aromatic rings. The number of amides is 4. The Morgan fingerprint density at radius 1 is 1.03 bits per heavy atom. The summed E-state index contributed by atoms with van der Waals surface area (Å²) < 4.78 is 23.3. The van der Waals surface area contributed by atoms with Crippen LogP contribution in [0.5, 0.6) is 5.75 Å². The van der Waals surface area contributed by atoms with Crippen molar-refractivity contribution < 1.29 is 28.1 Å². The van der Waals surface area contributed by atoms with Crippen molar-refractivity contribution in [2.45, 2.75) is 41.9 Å². The van der Waals surface area contributed by atoms with Gasteiger partial charge in [0.25, 0.3) is 5.91 Å². The van der Waals surface area contributed by atoms with E-state index in [2.05, 4.69) is 4.90 Å². The summed E-state index contributed by atoms with van der Waals surface area (Å²) in [5, 5.41) is 0. The average molecular weight is 557 g/mol. The second-order valence-electron chi connectivity index (χ2n) is 9.79. The van der Waals surface area contributed by atoms with Crippen molar-refractivity contribution in [2.75, 3.05) is 51.4 Å². The summed E-state index contributed by atoms with van der Waals surface area (Å²) in [6, 6.07) is 15.1. The minimum Gasteiger partial charge on any atom is -0.494 e. The van der Waals surface area contributed by atoms with Crippen molar-refractivity contribution in [3.8, 4) is 5.75 Å². The number of hydrogen-bond donors (Lipinski definition) is 1. The molecule has 0 spiro atoms. The number of carbonyl (C=O) groups is 3. The number of anilines is 1. The molecule has 4 rings (SSSR count). The van der Waals surface area contributed by atoms with E-state index in [1.54, 1.807) is 38.3 Å². The molecule has 2 aliphatic heterocycles. The van der Waals surface area contributed by atoms with Crippen LogP contribution in [0.1, 0.15) is 26.2 Å². The molecule has 0 aliphatic carbocycles. The van der Waals surface area contributed by atoms with Gasteiger partial charge in [-0.25, -0.2) is 4.79 Å². The number of nitrogens with two attached hydrogens (primary N) is 1. The third-order valence-electron chi connectivity index (χ3n) is 7.39. The van der Waals surface area contributed by atoms with Crippen LogP contribution in [-0.4, -0.2) is 89.1 Å². The van der Waals surface area contributed by atoms with Crippen molar-refractivity contribution in [3.63, 3.8) is 0 Å². The largest absolute Gasteiger partial charge is 0.494 e. The van der Waals surface area contributed by atoms with Crippen LogP contribution in [0.25, 0.3) is 0 Å². The number of imide groups is 1. The topological polar surface area (TPSA) is 122 Å². The van der Waals surface area contributed by atoms with Gasteiger partial charge in [-0.3, -0.25) is 23.6 Å². The van der Waals surface area contributed by atoms with Crippen molar-refractivity contribution in [2.24, 2.45) is 5.73 Å². The minimum atomic E-state index is -1.60. The summed E-state index contributed by atoms with van der Waals surface area (Å²) in [5.41, 5.74) is 6.45. The van der Waals surface area contributed by atoms with Gasteiger partial charge in [0.2, 0.25) is 5.91 Å². The van der Waals surface area contributed by atoms with Crippen LogP contribution in [0.3, 0.4) is 0 Å². The summed E-state index contributed by atoms with van der Waals surface area (Å²) >= 11 is 0. The molecular weight excluding hydrogens is 520 g/mol. The number of rotatable bonds is 12. The number of benzene rings is 2. The highest BCUT2D eigenvalue weighted by molar-refractivity contribution is 7.87. The minimum absolute atomic E-state index is 0.233. The molecule has 11 heteroatoms. The van der Waals surface area contributed by atoms with Gasteiger partial charge in [-0.05, 0) is 62.6 Å². The number of primary amides is 1. The van der Waals surface area contributed by atoms with E-state index in [1.165, 1.54) is 9.80 Å². The molecule has 4 amide bonds. The Kier molecular flexibility index (Phi) is 9.36. The molecule has 39 heavy (non-hydrogen) atoms. The van der Waals surface area contributed by atoms with Crippen LogP contribution in [-0.2, 0) is 25.1 Å². The maximum Gasteiger partial charge on any atom is 0.331 e. The van der Waals surface area contributed by atoms with E-state index < -0.39 is 27.5 Å². The molecule has 0 saturated carbocycles. The molecule has 2 aromatic carbocycles. The van der Waals surface area contributed by atoms with Crippen LogP contribution in [0.2, 0.25) is 0 Å². The number of likely N-dealkylation sites (tertiary alicyclic amines) is 1. The molecule has 2 atom stereocenters. The van der Waals surface area contributed by atoms with E-state index in [0.717, 1.165) is 6.54 Å². The molecule has 2 aliphatic rings. The van der Waals surface area contributed by atoms with E-state index in [0.29, 0.717) is 61.9 Å². The third kappa shape index (κ3) is 6.15. The molecule has 2 unspecified atom stereocenters. The van der Waals surface area contributed by atoms with E-state index in [1.807, 2.05) is 30.3 Å². The highest BCUT2D eigenvalue weighted by Gasteiger charge is 2.46. The second-order valence-corrected chi connectivity index (χ2v) is 11.6. The standard InChI is InChI=1S/C28H36N4O6S/c1-21-25(33)31(27(35)32(21)22-7-4-3-5-8-22)15-6-19-38-23-9-11-24(12-10-23)39(36)28(26(29)34)13-16-30(17-14-28)18-20-37-2/h3-5,7-12,21H,6,13-20H2,1-2H3,(H2,29,34). The van der Waals surface area contributed by atoms with Crippen LogP contribution < -0.4 is 15.4 Å². The molecule has 2 fully saturated rings. The first-order valence-corrected chi connectivity index (χ1v) is 14.3. The lowest BCUT2D eigenvalue weighted by Gasteiger charge is -2.38. The summed E-state index contributed by atoms with van der Waals surface area (Å²) in [5.74, 6) is -0.209. The summed E-state index contributed by atoms with van der Waals surface area (Å²) in [4.78, 5) is 43.5. The molecule has 2 N–H and O–H groups in total. The van der Waals surface area contributed by atoms with E-state index >= 15 is 0 Å². The predicted molar refractivity (Wildman–Crippen MR) is 148 cm³/mol. The van der Waals surface area contributed by atoms with Crippen LogP contribution >= 0.6 is 0 Å². The van der Waals surface area contributed by atoms with Gasteiger partial charge in [0.05, 0.1) is 24.0 Å². The highest BCUT2D eigenvalue weighted by Crippen LogP contribution is 2.33. The van der Waals surface area contributed by atoms with Crippen molar-refractivity contribution in [1.82, 2.24) is 9.80 Å². The summed E-state index contributed by atoms with van der Waals surface area (Å²) in [6.07, 6.45) is 1.31. The number of carbonyl (C=O) groups excluding carboxylic acids is 3. The number of hydrogen-bond acceptors (Lipinski definition) is 7. The SMILES string of the molecule is COCCN1CCC(C(N)=O)(S(=O)c2ccc(OCCCN3C(=O)C(C)N(c4ccccc4)C3=O)cc2)CC1. The fourth-order valence-corrected chi connectivity index (χ4v) is 6.60. The first kappa shape index (κ1) is 28.7. The van der Waals surface area contributed by atoms with Crippen molar-refractivity contribution in [3.05, 3.63) is 54.6 Å². The molecule has 0 bridgehead atoms. The summed E-state index contributed by atoms with van der Waals surface area (Å²) in [7, 11) is 0.0465. The van der Waals surface area contributed by atoms with E-state index in [-0.39, 0.29) is 18.5 Å². The first-order valence-electron chi connectivity index (χ1n) is 13.1. The van der Waals surface area contributed by atoms with Crippen LogP contribution in [0.4, 0.5) is 10.5 Å². The maximum atomic E-state index is 13.5. The van der Waals surface area contributed by atoms with E-state index in [4.69, 9.17) is 15.2 Å². The smallest absolute Gasteiger partial charge is 0.331 e. The molecule has 2 heterocycles. The maximum absolute atomic E-state index is 13.5. The molecular formula is C28H36N4O6S. The summed E-state index contributed by atoms with van der Waals surface area (Å²) in [6.45, 7) is 4.88. The van der Waals surface area contributed by atoms with Crippen LogP contribution in [0.15, 0.2) is 59.5 Å². The Hall–Kier alpha value is -3.28. The zero-order chi connectivity index (χ0) is 28.0. The number of urea groups is 1. The van der Waals surface area contributed by atoms with Gasteiger partial charge >= 0.3 is 6.03 Å². The third-order valence-corrected chi connectivity index (χ3v) is 9.41. The van der Waals surface area contributed by atoms with Crippen molar-refractivity contribution in [1.29, 1.82) is 0 Å². The quantitative estimate of drug-likeness (QED) is 0.315. The fourth-order valence-electron chi connectivity index (χ4n) is 5.03. The Morgan fingerprint density at radius 3 is 2.31 bits per heavy atom. The lowest BCUT2D eigenvalue weighted by Crippen LogP contribution is -2.55. The monoisotopic (exact) mass is 556 g/mol. The average Bonchev–Trinajstić information content (AvgIpc) is 3.17. The molecule has 0 aromatic heterocycles. The Bertz CT molecular complexity index is 1180. The Morgan fingerprint density at radius 2 is 1.69 bits per heavy atom. The van der Waals surface area contributed by atoms with Crippen molar-refractivity contribution >= 4 is 34.3 Å². The second kappa shape index (κ2) is 12.7. The Balaban J connectivity index is 1.29. The molecule has 2 saturated heterocycles. The Labute approximate surface area is 231 Å². The van der Waals surface area contributed by atoms with Crippen LogP contribution in [0, 0.1) is 0 Å². The number of methoxy groups -OCH3 is 1. The van der Waals surface area contributed by atoms with Gasteiger partial charge in [0.1, 0.15) is 16.5 Å². The highest BCUT2D eigenvalue weighted by atomic mass is 32.2. The van der Waals surface area contributed by atoms with Gasteiger partial charge in [-0.15, -0.1) is 0 Å². The van der Waals surface area contributed by atoms with Gasteiger partial charge < -0.3 is 20.1 Å². The van der Waals surface area contributed by atoms with Gasteiger partial charge in [0.15, 0.2) is 0 Å². The zero-order valence-electron chi connectivity index (χ0n) is 22.4. The van der Waals surface area contributed by atoms with Gasteiger partial charge in [0, 0.05) is 43.9 Å². The van der Waals surface area contributed by atoms with Gasteiger partial charge in [-0.2, -0.15) is 0 Å². The lowest BCUT2D eigenvalue weighted by atomic mass is 9.95. The number of piperidine rings is 1. The normalized spacial score (nSPS) is 20.3. The van der Waals surface area contributed by atoms with Gasteiger partial charge in [-0.1, -0.05) is 18.2 Å². The lowest BCUT2D eigenvalue weighted by molar-refractivity contribution is -0.127. The molecule has 210 valence electrons. The molecule has 10 nitrogen and oxygen atoms in total. The zero-order valence-corrected chi connectivity index (χ0v) is 23.2. The fraction of sp³-hybridized carbons (Fsp3) is 0.464. The molecule has 0 radical (unpaired) electrons. The number of para-hydroxylation sites is 1. The number of nitrogens with zero attached hydrogens (tertiary/aromatic N) is 3. The predicted octanol–water partition coefficient (Wildman–Crippen LogP) is 2.39. The number of ether oxygens (including phenoxy) is 2. The first-order chi connectivity index (χ1) is 18.8.